The highest BCUT2D eigenvalue weighted by Gasteiger charge is 2.30. The Morgan fingerprint density at radius 2 is 2.04 bits per heavy atom. The van der Waals surface area contributed by atoms with Crippen LogP contribution in [-0.2, 0) is 16.4 Å². The Balaban J connectivity index is 2.73. The van der Waals surface area contributed by atoms with Gasteiger partial charge in [0.15, 0.2) is 21.6 Å². The van der Waals surface area contributed by atoms with Gasteiger partial charge in [-0.25, -0.2) is 13.4 Å². The fourth-order valence-corrected chi connectivity index (χ4v) is 1.94. The molecule has 0 spiro atoms. The van der Waals surface area contributed by atoms with Crippen LogP contribution < -0.4 is 10.6 Å². The van der Waals surface area contributed by atoms with Gasteiger partial charge >= 0.3 is 0 Å². The van der Waals surface area contributed by atoms with Gasteiger partial charge in [-0.2, -0.15) is 0 Å². The van der Waals surface area contributed by atoms with E-state index in [2.05, 4.69) is 20.8 Å². The second-order valence-corrected chi connectivity index (χ2v) is 9.10. The largest absolute Gasteiger partial charge is 0.359 e. The molecule has 0 amide bonds. The Morgan fingerprint density at radius 3 is 2.52 bits per heavy atom. The smallest absolute Gasteiger partial charge is 0.191 e. The number of hydrogen-bond acceptors (Lipinski definition) is 5. The van der Waals surface area contributed by atoms with Crippen LogP contribution in [0.5, 0.6) is 0 Å². The number of nitrogens with zero attached hydrogens (tertiary/aromatic N) is 2. The number of aliphatic imine (C=N–C) groups is 1. The second-order valence-electron chi connectivity index (χ2n) is 6.45. The molecule has 1 heterocycles. The highest BCUT2D eigenvalue weighted by molar-refractivity contribution is 7.92. The highest BCUT2D eigenvalue weighted by atomic mass is 32.2. The molecule has 23 heavy (non-hydrogen) atoms. The highest BCUT2D eigenvalue weighted by Crippen LogP contribution is 2.15. The van der Waals surface area contributed by atoms with Crippen molar-refractivity contribution in [1.82, 2.24) is 15.8 Å². The molecule has 0 radical (unpaired) electrons. The molecule has 0 fully saturated rings. The fraction of sp³-hybridized carbons (Fsp3) is 0.733. The molecule has 0 unspecified atom stereocenters. The number of rotatable bonds is 7. The lowest BCUT2D eigenvalue weighted by Gasteiger charge is -2.24. The molecule has 0 saturated heterocycles. The summed E-state index contributed by atoms with van der Waals surface area (Å²) < 4.78 is 27.9. The van der Waals surface area contributed by atoms with E-state index < -0.39 is 14.6 Å². The van der Waals surface area contributed by atoms with E-state index in [1.165, 1.54) is 6.26 Å². The van der Waals surface area contributed by atoms with Crippen molar-refractivity contribution < 1.29 is 12.9 Å². The van der Waals surface area contributed by atoms with Gasteiger partial charge in [-0.3, -0.25) is 0 Å². The maximum absolute atomic E-state index is 11.7. The van der Waals surface area contributed by atoms with Gasteiger partial charge in [-0.1, -0.05) is 19.0 Å². The van der Waals surface area contributed by atoms with Gasteiger partial charge in [-0.05, 0) is 26.7 Å². The molecule has 0 aliphatic carbocycles. The molecule has 8 heteroatoms. The summed E-state index contributed by atoms with van der Waals surface area (Å²) in [5, 5.41) is 10.1. The SMILES string of the molecule is CCNC(=NCc1cc(C(C)C)no1)NCC(C)(C)S(C)(=O)=O. The summed E-state index contributed by atoms with van der Waals surface area (Å²) in [4.78, 5) is 4.41. The first-order chi connectivity index (χ1) is 10.6. The van der Waals surface area contributed by atoms with E-state index in [1.807, 2.05) is 26.8 Å². The van der Waals surface area contributed by atoms with Gasteiger partial charge in [-0.15, -0.1) is 0 Å². The van der Waals surface area contributed by atoms with E-state index in [4.69, 9.17) is 4.52 Å². The first-order valence-electron chi connectivity index (χ1n) is 7.74. The van der Waals surface area contributed by atoms with Crippen LogP contribution in [0, 0.1) is 0 Å². The van der Waals surface area contributed by atoms with Crippen LogP contribution in [0.1, 0.15) is 52.0 Å². The topological polar surface area (TPSA) is 96.6 Å². The lowest BCUT2D eigenvalue weighted by Crippen LogP contribution is -2.47. The molecule has 0 aliphatic rings. The van der Waals surface area contributed by atoms with Crippen LogP contribution in [-0.4, -0.2) is 43.6 Å². The molecule has 2 N–H and O–H groups in total. The maximum atomic E-state index is 11.7. The Kier molecular flexibility index (Phi) is 6.61. The van der Waals surface area contributed by atoms with E-state index in [-0.39, 0.29) is 6.54 Å². The lowest BCUT2D eigenvalue weighted by atomic mass is 10.1. The quantitative estimate of drug-likeness (QED) is 0.577. The average molecular weight is 344 g/mol. The zero-order valence-electron chi connectivity index (χ0n) is 14.8. The Labute approximate surface area is 138 Å². The number of nitrogens with one attached hydrogen (secondary N) is 2. The van der Waals surface area contributed by atoms with E-state index in [0.717, 1.165) is 5.69 Å². The Bertz CT molecular complexity index is 633. The minimum Gasteiger partial charge on any atom is -0.359 e. The van der Waals surface area contributed by atoms with Crippen molar-refractivity contribution in [3.8, 4) is 0 Å². The fourth-order valence-electron chi connectivity index (χ4n) is 1.60. The Morgan fingerprint density at radius 1 is 1.39 bits per heavy atom. The lowest BCUT2D eigenvalue weighted by molar-refractivity contribution is 0.376. The van der Waals surface area contributed by atoms with Gasteiger partial charge in [0, 0.05) is 25.4 Å². The van der Waals surface area contributed by atoms with Crippen LogP contribution >= 0.6 is 0 Å². The minimum atomic E-state index is -3.16. The van der Waals surface area contributed by atoms with Crippen molar-refractivity contribution in [2.75, 3.05) is 19.3 Å². The Hall–Kier alpha value is -1.57. The van der Waals surface area contributed by atoms with Crippen molar-refractivity contribution >= 4 is 15.8 Å². The first-order valence-corrected chi connectivity index (χ1v) is 9.63. The van der Waals surface area contributed by atoms with Crippen LogP contribution in [0.2, 0.25) is 0 Å². The van der Waals surface area contributed by atoms with Crippen molar-refractivity contribution in [2.45, 2.75) is 51.8 Å². The van der Waals surface area contributed by atoms with Crippen molar-refractivity contribution in [1.29, 1.82) is 0 Å². The number of hydrogen-bond donors (Lipinski definition) is 2. The summed E-state index contributed by atoms with van der Waals surface area (Å²) in [5.74, 6) is 1.53. The zero-order valence-corrected chi connectivity index (χ0v) is 15.6. The molecule has 1 aromatic heterocycles. The first kappa shape index (κ1) is 19.5. The summed E-state index contributed by atoms with van der Waals surface area (Å²) in [6.45, 7) is 10.7. The molecule has 1 aromatic rings. The van der Waals surface area contributed by atoms with Crippen molar-refractivity contribution in [2.24, 2.45) is 4.99 Å². The molecule has 1 rings (SSSR count). The van der Waals surface area contributed by atoms with Crippen molar-refractivity contribution in [3.05, 3.63) is 17.5 Å². The van der Waals surface area contributed by atoms with E-state index in [9.17, 15) is 8.42 Å². The molecule has 7 nitrogen and oxygen atoms in total. The molecule has 0 saturated carbocycles. The van der Waals surface area contributed by atoms with E-state index in [0.29, 0.717) is 30.7 Å². The number of sulfone groups is 1. The normalized spacial score (nSPS) is 13.4. The summed E-state index contributed by atoms with van der Waals surface area (Å²) in [7, 11) is -3.16. The third kappa shape index (κ3) is 5.85. The number of aromatic nitrogens is 1. The van der Waals surface area contributed by atoms with Crippen LogP contribution in [0.3, 0.4) is 0 Å². The average Bonchev–Trinajstić information content (AvgIpc) is 2.89. The third-order valence-electron chi connectivity index (χ3n) is 3.59. The summed E-state index contributed by atoms with van der Waals surface area (Å²) >= 11 is 0. The second kappa shape index (κ2) is 7.81. The van der Waals surface area contributed by atoms with E-state index >= 15 is 0 Å². The molecule has 132 valence electrons. The van der Waals surface area contributed by atoms with Gasteiger partial charge in [0.25, 0.3) is 0 Å². The predicted molar refractivity (Wildman–Crippen MR) is 92.3 cm³/mol. The third-order valence-corrected chi connectivity index (χ3v) is 5.74. The standard InChI is InChI=1S/C15H28N4O3S/c1-7-16-14(18-10-15(4,5)23(6,20)21)17-9-12-8-13(11(2)3)19-22-12/h8,11H,7,9-10H2,1-6H3,(H2,16,17,18). The summed E-state index contributed by atoms with van der Waals surface area (Å²) in [6, 6.07) is 1.89. The van der Waals surface area contributed by atoms with Crippen LogP contribution in [0.15, 0.2) is 15.6 Å². The van der Waals surface area contributed by atoms with Gasteiger partial charge in [0.05, 0.1) is 10.4 Å². The molecular weight excluding hydrogens is 316 g/mol. The van der Waals surface area contributed by atoms with Gasteiger partial charge < -0.3 is 15.2 Å². The molecule has 0 atom stereocenters. The van der Waals surface area contributed by atoms with Crippen LogP contribution in [0.4, 0.5) is 0 Å². The van der Waals surface area contributed by atoms with Crippen LogP contribution in [0.25, 0.3) is 0 Å². The van der Waals surface area contributed by atoms with Gasteiger partial charge in [0.2, 0.25) is 0 Å². The summed E-state index contributed by atoms with van der Waals surface area (Å²) in [5.41, 5.74) is 0.895. The van der Waals surface area contributed by atoms with Gasteiger partial charge in [0.1, 0.15) is 6.54 Å². The van der Waals surface area contributed by atoms with E-state index in [1.54, 1.807) is 13.8 Å². The molecule has 0 bridgehead atoms. The minimum absolute atomic E-state index is 0.269. The summed E-state index contributed by atoms with van der Waals surface area (Å²) in [6.07, 6.45) is 1.24. The number of guanidine groups is 1. The monoisotopic (exact) mass is 344 g/mol. The molecular formula is C15H28N4O3S. The zero-order chi connectivity index (χ0) is 17.7. The molecule has 0 aromatic carbocycles. The molecule has 0 aliphatic heterocycles. The maximum Gasteiger partial charge on any atom is 0.191 e. The predicted octanol–water partition coefficient (Wildman–Crippen LogP) is 1.68. The van der Waals surface area contributed by atoms with Crippen molar-refractivity contribution in [3.63, 3.8) is 0 Å².